The van der Waals surface area contributed by atoms with Crippen LogP contribution in [-0.4, -0.2) is 66.4 Å². The van der Waals surface area contributed by atoms with Crippen LogP contribution in [0.25, 0.3) is 0 Å². The molecule has 1 saturated heterocycles. The van der Waals surface area contributed by atoms with Crippen molar-refractivity contribution in [2.75, 3.05) is 38.6 Å². The zero-order valence-corrected chi connectivity index (χ0v) is 23.0. The van der Waals surface area contributed by atoms with Gasteiger partial charge in [-0.3, -0.25) is 0 Å². The van der Waals surface area contributed by atoms with Gasteiger partial charge < -0.3 is 35.8 Å². The van der Waals surface area contributed by atoms with Crippen LogP contribution < -0.4 is 20.7 Å². The zero-order chi connectivity index (χ0) is 28.8. The van der Waals surface area contributed by atoms with E-state index in [-0.39, 0.29) is 17.2 Å². The van der Waals surface area contributed by atoms with E-state index >= 15 is 0 Å². The number of rotatable bonds is 9. The van der Waals surface area contributed by atoms with Gasteiger partial charge in [0.1, 0.15) is 5.75 Å². The van der Waals surface area contributed by atoms with Crippen molar-refractivity contribution in [2.24, 2.45) is 0 Å². The molecule has 0 spiro atoms. The van der Waals surface area contributed by atoms with E-state index in [9.17, 15) is 24.6 Å². The van der Waals surface area contributed by atoms with Crippen LogP contribution in [0.2, 0.25) is 0 Å². The summed E-state index contributed by atoms with van der Waals surface area (Å²) >= 11 is 0. The van der Waals surface area contributed by atoms with Crippen LogP contribution in [0.3, 0.4) is 0 Å². The van der Waals surface area contributed by atoms with Crippen LogP contribution in [0.4, 0.5) is 10.5 Å². The molecular formula is C30H36N4O6. The molecule has 5 N–H and O–H groups in total. The molecular weight excluding hydrogens is 512 g/mol. The first kappa shape index (κ1) is 28.7. The van der Waals surface area contributed by atoms with Crippen molar-refractivity contribution >= 4 is 23.7 Å². The fourth-order valence-electron chi connectivity index (χ4n) is 5.58. The first-order valence-electron chi connectivity index (χ1n) is 13.3. The van der Waals surface area contributed by atoms with Crippen molar-refractivity contribution in [1.82, 2.24) is 15.5 Å². The SMILES string of the molecule is COc1cccc(C2CCN(CCNC(=O)Nc3cccc(C4C(C(=O)O)=C(C)NC(C)=C4C(=O)O)c3)CC2)c1. The van der Waals surface area contributed by atoms with Gasteiger partial charge in [-0.15, -0.1) is 0 Å². The Morgan fingerprint density at radius 2 is 1.57 bits per heavy atom. The van der Waals surface area contributed by atoms with E-state index in [0.717, 1.165) is 38.2 Å². The summed E-state index contributed by atoms with van der Waals surface area (Å²) in [5.74, 6) is -2.02. The second-order valence-electron chi connectivity index (χ2n) is 10.1. The molecule has 40 heavy (non-hydrogen) atoms. The number of piperidine rings is 1. The number of nitrogens with one attached hydrogen (secondary N) is 3. The summed E-state index contributed by atoms with van der Waals surface area (Å²) in [4.78, 5) is 39.0. The van der Waals surface area contributed by atoms with Gasteiger partial charge >= 0.3 is 18.0 Å². The van der Waals surface area contributed by atoms with E-state index in [1.807, 2.05) is 12.1 Å². The zero-order valence-electron chi connectivity index (χ0n) is 23.0. The fraction of sp³-hybridized carbons (Fsp3) is 0.367. The lowest BCUT2D eigenvalue weighted by atomic mass is 9.80. The number of urea groups is 1. The highest BCUT2D eigenvalue weighted by Crippen LogP contribution is 2.39. The van der Waals surface area contributed by atoms with Gasteiger partial charge in [-0.25, -0.2) is 14.4 Å². The molecule has 2 aliphatic heterocycles. The average molecular weight is 549 g/mol. The number of carbonyl (C=O) groups excluding carboxylic acids is 1. The van der Waals surface area contributed by atoms with Gasteiger partial charge in [0.05, 0.1) is 24.2 Å². The third-order valence-corrected chi connectivity index (χ3v) is 7.57. The largest absolute Gasteiger partial charge is 0.497 e. The van der Waals surface area contributed by atoms with Crippen molar-refractivity contribution in [3.05, 3.63) is 82.2 Å². The molecule has 1 fully saturated rings. The lowest BCUT2D eigenvalue weighted by Gasteiger charge is -2.32. The summed E-state index contributed by atoms with van der Waals surface area (Å²) in [6, 6.07) is 14.5. The molecule has 0 aromatic heterocycles. The van der Waals surface area contributed by atoms with Gasteiger partial charge in [0.15, 0.2) is 0 Å². The third kappa shape index (κ3) is 6.63. The van der Waals surface area contributed by atoms with Crippen molar-refractivity contribution in [3.8, 4) is 5.75 Å². The van der Waals surface area contributed by atoms with Crippen LogP contribution in [-0.2, 0) is 9.59 Å². The van der Waals surface area contributed by atoms with Crippen molar-refractivity contribution in [1.29, 1.82) is 0 Å². The fourth-order valence-corrected chi connectivity index (χ4v) is 5.58. The van der Waals surface area contributed by atoms with Gasteiger partial charge in [0, 0.05) is 30.2 Å². The molecule has 10 heteroatoms. The van der Waals surface area contributed by atoms with Gasteiger partial charge in [-0.1, -0.05) is 24.3 Å². The third-order valence-electron chi connectivity index (χ3n) is 7.57. The Kier molecular flexibility index (Phi) is 9.11. The number of benzene rings is 2. The maximum Gasteiger partial charge on any atom is 0.334 e. The number of hydrogen-bond acceptors (Lipinski definition) is 6. The maximum atomic E-state index is 12.6. The minimum atomic E-state index is -1.20. The topological polar surface area (TPSA) is 140 Å². The summed E-state index contributed by atoms with van der Waals surface area (Å²) in [5.41, 5.74) is 2.88. The predicted molar refractivity (Wildman–Crippen MR) is 151 cm³/mol. The van der Waals surface area contributed by atoms with Crippen LogP contribution in [0, 0.1) is 0 Å². The summed E-state index contributed by atoms with van der Waals surface area (Å²) in [6.45, 7) is 6.30. The van der Waals surface area contributed by atoms with Crippen LogP contribution in [0.5, 0.6) is 5.75 Å². The van der Waals surface area contributed by atoms with E-state index in [2.05, 4.69) is 33.0 Å². The number of ether oxygens (including phenoxy) is 1. The number of anilines is 1. The molecule has 0 saturated carbocycles. The number of allylic oxidation sites excluding steroid dienone is 2. The molecule has 0 unspecified atom stereocenters. The monoisotopic (exact) mass is 548 g/mol. The van der Waals surface area contributed by atoms with E-state index < -0.39 is 17.9 Å². The first-order chi connectivity index (χ1) is 19.2. The quantitative estimate of drug-likeness (QED) is 0.316. The summed E-state index contributed by atoms with van der Waals surface area (Å²) in [7, 11) is 1.68. The number of carboxylic acids is 2. The summed E-state index contributed by atoms with van der Waals surface area (Å²) in [6.07, 6.45) is 2.09. The number of nitrogens with zero attached hydrogens (tertiary/aromatic N) is 1. The van der Waals surface area contributed by atoms with Crippen molar-refractivity contribution < 1.29 is 29.3 Å². The Morgan fingerprint density at radius 3 is 2.20 bits per heavy atom. The smallest absolute Gasteiger partial charge is 0.334 e. The Balaban J connectivity index is 1.32. The number of carboxylic acid groups (broad SMARTS) is 2. The Hall–Kier alpha value is -4.31. The van der Waals surface area contributed by atoms with Gasteiger partial charge in [-0.2, -0.15) is 0 Å². The summed E-state index contributed by atoms with van der Waals surface area (Å²) < 4.78 is 5.35. The normalized spacial score (nSPS) is 16.9. The molecule has 0 aliphatic carbocycles. The van der Waals surface area contributed by atoms with Crippen molar-refractivity contribution in [2.45, 2.75) is 38.5 Å². The van der Waals surface area contributed by atoms with E-state index in [1.165, 1.54) is 5.56 Å². The Bertz CT molecular complexity index is 1310. The number of dihydropyridines is 1. The molecule has 2 aromatic rings. The molecule has 2 aliphatic rings. The Morgan fingerprint density at radius 1 is 0.950 bits per heavy atom. The molecule has 212 valence electrons. The second-order valence-corrected chi connectivity index (χ2v) is 10.1. The van der Waals surface area contributed by atoms with Crippen LogP contribution >= 0.6 is 0 Å². The number of amides is 2. The molecule has 10 nitrogen and oxygen atoms in total. The lowest BCUT2D eigenvalue weighted by Crippen LogP contribution is -2.40. The molecule has 2 heterocycles. The maximum absolute atomic E-state index is 12.6. The molecule has 0 atom stereocenters. The van der Waals surface area contributed by atoms with E-state index in [4.69, 9.17) is 4.74 Å². The highest BCUT2D eigenvalue weighted by molar-refractivity contribution is 5.98. The number of hydrogen-bond donors (Lipinski definition) is 5. The first-order valence-corrected chi connectivity index (χ1v) is 13.3. The number of carbonyl (C=O) groups is 3. The predicted octanol–water partition coefficient (Wildman–Crippen LogP) is 4.10. The standard InChI is InChI=1S/C30H36N4O6/c1-18-25(28(35)36)27(26(29(37)38)19(2)32-18)22-7-4-8-23(16-22)33-30(39)31-12-15-34-13-10-20(11-14-34)21-6-5-9-24(17-21)40-3/h4-9,16-17,20,27,32H,10-15H2,1-3H3,(H,35,36)(H,37,38)(H2,31,33,39). The molecule has 2 aromatic carbocycles. The number of aliphatic carboxylic acids is 2. The van der Waals surface area contributed by atoms with E-state index in [0.29, 0.717) is 35.1 Å². The summed E-state index contributed by atoms with van der Waals surface area (Å²) in [5, 5.41) is 28.2. The van der Waals surface area contributed by atoms with Crippen LogP contribution in [0.1, 0.15) is 49.7 Å². The highest BCUT2D eigenvalue weighted by Gasteiger charge is 2.36. The minimum Gasteiger partial charge on any atom is -0.497 e. The molecule has 4 rings (SSSR count). The van der Waals surface area contributed by atoms with Crippen LogP contribution in [0.15, 0.2) is 71.1 Å². The van der Waals surface area contributed by atoms with Gasteiger partial charge in [-0.05, 0) is 81.1 Å². The second kappa shape index (κ2) is 12.7. The van der Waals surface area contributed by atoms with Crippen molar-refractivity contribution in [3.63, 3.8) is 0 Å². The van der Waals surface area contributed by atoms with E-state index in [1.54, 1.807) is 45.2 Å². The highest BCUT2D eigenvalue weighted by atomic mass is 16.5. The number of methoxy groups -OCH3 is 1. The Labute approximate surface area is 233 Å². The molecule has 0 radical (unpaired) electrons. The minimum absolute atomic E-state index is 0.0419. The average Bonchev–Trinajstić information content (AvgIpc) is 2.92. The van der Waals surface area contributed by atoms with Gasteiger partial charge in [0.2, 0.25) is 0 Å². The molecule has 2 amide bonds. The number of likely N-dealkylation sites (tertiary alicyclic amines) is 1. The lowest BCUT2D eigenvalue weighted by molar-refractivity contribution is -0.133. The van der Waals surface area contributed by atoms with Gasteiger partial charge in [0.25, 0.3) is 0 Å². The molecule has 0 bridgehead atoms.